The van der Waals surface area contributed by atoms with E-state index in [9.17, 15) is 9.90 Å². The first-order chi connectivity index (χ1) is 13.6. The van der Waals surface area contributed by atoms with Crippen LogP contribution in [0, 0.1) is 5.92 Å². The zero-order valence-electron chi connectivity index (χ0n) is 15.8. The highest BCUT2D eigenvalue weighted by molar-refractivity contribution is 9.10. The molecule has 0 spiro atoms. The first kappa shape index (κ1) is 21.1. The second-order valence-electron chi connectivity index (χ2n) is 6.87. The minimum absolute atomic E-state index is 0.0148. The zero-order valence-corrected chi connectivity index (χ0v) is 18.2. The molecule has 28 heavy (non-hydrogen) atoms. The van der Waals surface area contributed by atoms with Crippen molar-refractivity contribution >= 4 is 39.4 Å². The van der Waals surface area contributed by atoms with Crippen LogP contribution in [0.4, 0.5) is 5.82 Å². The molecule has 1 fully saturated rings. The minimum Gasteiger partial charge on any atom is -0.394 e. The summed E-state index contributed by atoms with van der Waals surface area (Å²) in [5, 5.41) is 21.8. The lowest BCUT2D eigenvalue weighted by atomic mass is 9.96. The minimum atomic E-state index is -0.169. The van der Waals surface area contributed by atoms with E-state index in [1.54, 1.807) is 11.8 Å². The second kappa shape index (κ2) is 10.2. The van der Waals surface area contributed by atoms with E-state index in [0.29, 0.717) is 6.54 Å². The van der Waals surface area contributed by atoms with Gasteiger partial charge in [-0.15, -0.1) is 10.2 Å². The molecule has 2 N–H and O–H groups in total. The number of amides is 1. The van der Waals surface area contributed by atoms with Gasteiger partial charge in [0.25, 0.3) is 0 Å². The number of hydrogen-bond donors (Lipinski definition) is 2. The highest BCUT2D eigenvalue weighted by Crippen LogP contribution is 2.28. The van der Waals surface area contributed by atoms with Crippen LogP contribution in [0.1, 0.15) is 26.2 Å². The maximum absolute atomic E-state index is 12.5. The van der Waals surface area contributed by atoms with Gasteiger partial charge in [0.05, 0.1) is 18.6 Å². The normalized spacial score (nSPS) is 18.0. The molecule has 1 aromatic carbocycles. The van der Waals surface area contributed by atoms with Gasteiger partial charge in [-0.05, 0) is 55.7 Å². The number of rotatable bonds is 7. The molecule has 2 aromatic rings. The zero-order chi connectivity index (χ0) is 19.9. The molecule has 1 aliphatic heterocycles. The van der Waals surface area contributed by atoms with Crippen molar-refractivity contribution in [2.75, 3.05) is 24.6 Å². The Morgan fingerprint density at radius 3 is 2.75 bits per heavy atom. The third-order valence-corrected chi connectivity index (χ3v) is 6.30. The number of nitrogens with zero attached hydrogens (tertiary/aromatic N) is 3. The van der Waals surface area contributed by atoms with Gasteiger partial charge in [0, 0.05) is 22.5 Å². The van der Waals surface area contributed by atoms with Crippen molar-refractivity contribution in [3.05, 3.63) is 40.9 Å². The van der Waals surface area contributed by atoms with Crippen LogP contribution in [0.25, 0.3) is 0 Å². The molecule has 1 saturated heterocycles. The first-order valence-electron chi connectivity index (χ1n) is 9.52. The van der Waals surface area contributed by atoms with E-state index in [2.05, 4.69) is 36.3 Å². The van der Waals surface area contributed by atoms with Gasteiger partial charge in [-0.1, -0.05) is 34.6 Å². The summed E-state index contributed by atoms with van der Waals surface area (Å²) in [4.78, 5) is 15.7. The Morgan fingerprint density at radius 2 is 2.11 bits per heavy atom. The van der Waals surface area contributed by atoms with Gasteiger partial charge in [-0.25, -0.2) is 0 Å². The highest BCUT2D eigenvalue weighted by atomic mass is 79.9. The van der Waals surface area contributed by atoms with Crippen LogP contribution >= 0.6 is 27.7 Å². The van der Waals surface area contributed by atoms with E-state index in [0.717, 1.165) is 46.0 Å². The number of anilines is 1. The molecule has 1 aromatic heterocycles. The van der Waals surface area contributed by atoms with Crippen molar-refractivity contribution in [2.45, 2.75) is 42.1 Å². The third kappa shape index (κ3) is 5.68. The molecule has 6 nitrogen and oxygen atoms in total. The van der Waals surface area contributed by atoms with Crippen molar-refractivity contribution in [1.82, 2.24) is 15.5 Å². The summed E-state index contributed by atoms with van der Waals surface area (Å²) in [5.41, 5.74) is 0. The molecular formula is C20H25BrN4O2S. The predicted octanol–water partition coefficient (Wildman–Crippen LogP) is 3.49. The van der Waals surface area contributed by atoms with Crippen LogP contribution < -0.4 is 10.2 Å². The molecule has 2 heterocycles. The average molecular weight is 465 g/mol. The maximum atomic E-state index is 12.5. The van der Waals surface area contributed by atoms with Gasteiger partial charge in [0.1, 0.15) is 5.03 Å². The van der Waals surface area contributed by atoms with E-state index in [-0.39, 0.29) is 24.5 Å². The summed E-state index contributed by atoms with van der Waals surface area (Å²) in [6.07, 6.45) is 2.52. The lowest BCUT2D eigenvalue weighted by Gasteiger charge is -2.33. The molecule has 1 amide bonds. The van der Waals surface area contributed by atoms with Crippen molar-refractivity contribution < 1.29 is 9.90 Å². The number of benzene rings is 1. The standard InChI is InChI=1S/C20H25BrN4O2S/c1-2-16(13-26)22-20(27)14-4-3-11-25(12-14)18-9-10-19(24-23-18)28-17-7-5-15(21)6-8-17/h5-10,14,16,26H,2-4,11-13H2,1H3,(H,22,27)/t14-,16-/m1/s1. The van der Waals surface area contributed by atoms with Crippen LogP contribution in [0.3, 0.4) is 0 Å². The molecule has 150 valence electrons. The third-order valence-electron chi connectivity index (χ3n) is 4.84. The summed E-state index contributed by atoms with van der Waals surface area (Å²) in [5.74, 6) is 0.723. The number of carbonyl (C=O) groups excluding carboxylic acids is 1. The van der Waals surface area contributed by atoms with Crippen LogP contribution in [0.15, 0.2) is 50.8 Å². The average Bonchev–Trinajstić information content (AvgIpc) is 2.74. The monoisotopic (exact) mass is 464 g/mol. The largest absolute Gasteiger partial charge is 0.394 e. The quantitative estimate of drug-likeness (QED) is 0.652. The number of aliphatic hydroxyl groups is 1. The Morgan fingerprint density at radius 1 is 1.32 bits per heavy atom. The van der Waals surface area contributed by atoms with E-state index in [1.807, 2.05) is 43.3 Å². The van der Waals surface area contributed by atoms with E-state index < -0.39 is 0 Å². The molecule has 0 radical (unpaired) electrons. The number of hydrogen-bond acceptors (Lipinski definition) is 6. The van der Waals surface area contributed by atoms with Crippen molar-refractivity contribution in [3.8, 4) is 0 Å². The number of aliphatic hydroxyl groups excluding tert-OH is 1. The summed E-state index contributed by atoms with van der Waals surface area (Å²) in [7, 11) is 0. The molecule has 1 aliphatic rings. The van der Waals surface area contributed by atoms with Gasteiger partial charge < -0.3 is 15.3 Å². The van der Waals surface area contributed by atoms with Gasteiger partial charge in [0.2, 0.25) is 5.91 Å². The van der Waals surface area contributed by atoms with Crippen LogP contribution in [-0.2, 0) is 4.79 Å². The Kier molecular flexibility index (Phi) is 7.70. The molecule has 3 rings (SSSR count). The molecular weight excluding hydrogens is 440 g/mol. The lowest BCUT2D eigenvalue weighted by molar-refractivity contribution is -0.126. The Balaban J connectivity index is 1.60. The summed E-state index contributed by atoms with van der Waals surface area (Å²) in [6, 6.07) is 11.8. The molecule has 0 unspecified atom stereocenters. The smallest absolute Gasteiger partial charge is 0.225 e. The van der Waals surface area contributed by atoms with Crippen molar-refractivity contribution in [3.63, 3.8) is 0 Å². The van der Waals surface area contributed by atoms with E-state index >= 15 is 0 Å². The fourth-order valence-electron chi connectivity index (χ4n) is 3.15. The number of nitrogens with one attached hydrogen (secondary N) is 1. The number of aromatic nitrogens is 2. The lowest BCUT2D eigenvalue weighted by Crippen LogP contribution is -2.47. The number of carbonyl (C=O) groups is 1. The fourth-order valence-corrected chi connectivity index (χ4v) is 4.15. The van der Waals surface area contributed by atoms with Gasteiger partial charge in [0.15, 0.2) is 5.82 Å². The Labute approximate surface area is 178 Å². The summed E-state index contributed by atoms with van der Waals surface area (Å²) in [6.45, 7) is 3.43. The fraction of sp³-hybridized carbons (Fsp3) is 0.450. The Hall–Kier alpha value is -1.64. The molecule has 2 atom stereocenters. The topological polar surface area (TPSA) is 78.4 Å². The molecule has 0 saturated carbocycles. The molecule has 8 heteroatoms. The van der Waals surface area contributed by atoms with Gasteiger partial charge in [-0.2, -0.15) is 0 Å². The van der Waals surface area contributed by atoms with Crippen LogP contribution in [-0.4, -0.2) is 46.9 Å². The second-order valence-corrected chi connectivity index (χ2v) is 8.88. The number of halogens is 1. The van der Waals surface area contributed by atoms with Gasteiger partial charge >= 0.3 is 0 Å². The van der Waals surface area contributed by atoms with Crippen LogP contribution in [0.2, 0.25) is 0 Å². The van der Waals surface area contributed by atoms with Crippen molar-refractivity contribution in [2.24, 2.45) is 5.92 Å². The van der Waals surface area contributed by atoms with Crippen molar-refractivity contribution in [1.29, 1.82) is 0 Å². The SMILES string of the molecule is CC[C@H](CO)NC(=O)[C@@H]1CCCN(c2ccc(Sc3ccc(Br)cc3)nn2)C1. The summed E-state index contributed by atoms with van der Waals surface area (Å²) < 4.78 is 1.05. The molecule has 0 aliphatic carbocycles. The summed E-state index contributed by atoms with van der Waals surface area (Å²) >= 11 is 5.01. The van der Waals surface area contributed by atoms with E-state index in [4.69, 9.17) is 0 Å². The predicted molar refractivity (Wildman–Crippen MR) is 115 cm³/mol. The van der Waals surface area contributed by atoms with Gasteiger partial charge in [-0.3, -0.25) is 4.79 Å². The molecule has 0 bridgehead atoms. The first-order valence-corrected chi connectivity index (χ1v) is 11.1. The Bertz CT molecular complexity index is 769. The van der Waals surface area contributed by atoms with Crippen LogP contribution in [0.5, 0.6) is 0 Å². The number of piperidine rings is 1. The maximum Gasteiger partial charge on any atom is 0.225 e. The van der Waals surface area contributed by atoms with E-state index in [1.165, 1.54) is 0 Å². The highest BCUT2D eigenvalue weighted by Gasteiger charge is 2.27.